The molecule has 0 saturated heterocycles. The van der Waals surface area contributed by atoms with Crippen LogP contribution < -0.4 is 10.2 Å². The average Bonchev–Trinajstić information content (AvgIpc) is 2.47. The predicted octanol–water partition coefficient (Wildman–Crippen LogP) is 1.46. The molecule has 0 aromatic carbocycles. The van der Waals surface area contributed by atoms with Crippen LogP contribution in [0.1, 0.15) is 22.6 Å². The Hall–Kier alpha value is -2.01. The molecule has 0 atom stereocenters. The third-order valence-electron chi connectivity index (χ3n) is 3.53. The van der Waals surface area contributed by atoms with Crippen LogP contribution in [0.2, 0.25) is 0 Å². The number of rotatable bonds is 3. The van der Waals surface area contributed by atoms with Gasteiger partial charge in [-0.05, 0) is 18.6 Å². The zero-order chi connectivity index (χ0) is 13.9. The van der Waals surface area contributed by atoms with E-state index in [-0.39, 0.29) is 0 Å². The number of hydrogen-bond donors (Lipinski definition) is 1. The summed E-state index contributed by atoms with van der Waals surface area (Å²) < 4.78 is 0. The van der Waals surface area contributed by atoms with E-state index in [4.69, 9.17) is 0 Å². The van der Waals surface area contributed by atoms with Gasteiger partial charge in [0.05, 0.1) is 5.69 Å². The first-order valence-corrected chi connectivity index (χ1v) is 6.91. The highest BCUT2D eigenvalue weighted by Gasteiger charge is 2.19. The van der Waals surface area contributed by atoms with Crippen molar-refractivity contribution in [3.05, 3.63) is 47.2 Å². The van der Waals surface area contributed by atoms with Crippen molar-refractivity contribution in [3.63, 3.8) is 0 Å². The van der Waals surface area contributed by atoms with Gasteiger partial charge in [-0.2, -0.15) is 0 Å². The molecule has 20 heavy (non-hydrogen) atoms. The fourth-order valence-corrected chi connectivity index (χ4v) is 2.60. The first-order valence-electron chi connectivity index (χ1n) is 6.91. The molecule has 0 fully saturated rings. The lowest BCUT2D eigenvalue weighted by Crippen LogP contribution is -2.29. The summed E-state index contributed by atoms with van der Waals surface area (Å²) in [6.07, 6.45) is 4.67. The molecule has 1 N–H and O–H groups in total. The van der Waals surface area contributed by atoms with Crippen LogP contribution in [0.5, 0.6) is 0 Å². The van der Waals surface area contributed by atoms with Crippen LogP contribution in [0, 0.1) is 6.92 Å². The first kappa shape index (κ1) is 13.0. The third kappa shape index (κ3) is 2.63. The van der Waals surface area contributed by atoms with Gasteiger partial charge < -0.3 is 10.2 Å². The van der Waals surface area contributed by atoms with Crippen LogP contribution in [-0.2, 0) is 19.5 Å². The van der Waals surface area contributed by atoms with Gasteiger partial charge in [0.25, 0.3) is 0 Å². The van der Waals surface area contributed by atoms with Crippen LogP contribution in [0.4, 0.5) is 5.82 Å². The second-order valence-electron chi connectivity index (χ2n) is 5.16. The number of hydrogen-bond acceptors (Lipinski definition) is 5. The number of nitrogens with zero attached hydrogens (tertiary/aromatic N) is 4. The Balaban J connectivity index is 1.91. The molecule has 0 bridgehead atoms. The molecule has 2 aromatic heterocycles. The highest BCUT2D eigenvalue weighted by Crippen LogP contribution is 2.23. The maximum absolute atomic E-state index is 4.64. The number of fused-ring (bicyclic) bond motifs is 1. The molecule has 1 aliphatic heterocycles. The Morgan fingerprint density at radius 3 is 3.05 bits per heavy atom. The number of aryl methyl sites for hydroxylation is 1. The van der Waals surface area contributed by atoms with Gasteiger partial charge in [0.15, 0.2) is 0 Å². The van der Waals surface area contributed by atoms with E-state index in [0.717, 1.165) is 37.7 Å². The minimum Gasteiger partial charge on any atom is -0.355 e. The Bertz CT molecular complexity index is 597. The van der Waals surface area contributed by atoms with E-state index in [2.05, 4.69) is 38.3 Å². The topological polar surface area (TPSA) is 53.9 Å². The molecular formula is C15H19N5. The van der Waals surface area contributed by atoms with Gasteiger partial charge in [-0.1, -0.05) is 6.07 Å². The van der Waals surface area contributed by atoms with Crippen LogP contribution in [0.3, 0.4) is 0 Å². The summed E-state index contributed by atoms with van der Waals surface area (Å²) in [5, 5.41) is 3.40. The monoisotopic (exact) mass is 269 g/mol. The van der Waals surface area contributed by atoms with E-state index < -0.39 is 0 Å². The van der Waals surface area contributed by atoms with Crippen molar-refractivity contribution in [1.29, 1.82) is 0 Å². The van der Waals surface area contributed by atoms with Crippen molar-refractivity contribution in [2.75, 3.05) is 18.5 Å². The van der Waals surface area contributed by atoms with Crippen molar-refractivity contribution in [3.8, 4) is 0 Å². The van der Waals surface area contributed by atoms with Gasteiger partial charge in [0.2, 0.25) is 0 Å². The maximum atomic E-state index is 4.64. The van der Waals surface area contributed by atoms with E-state index in [9.17, 15) is 0 Å². The Morgan fingerprint density at radius 1 is 1.35 bits per heavy atom. The molecule has 2 aromatic rings. The number of nitrogens with one attached hydrogen (secondary N) is 1. The van der Waals surface area contributed by atoms with E-state index in [1.807, 2.05) is 19.2 Å². The van der Waals surface area contributed by atoms with E-state index in [1.54, 1.807) is 6.20 Å². The van der Waals surface area contributed by atoms with Crippen molar-refractivity contribution >= 4 is 5.82 Å². The fraction of sp³-hybridized carbons (Fsp3) is 0.400. The summed E-state index contributed by atoms with van der Waals surface area (Å²) in [6, 6.07) is 4.05. The second-order valence-corrected chi connectivity index (χ2v) is 5.16. The summed E-state index contributed by atoms with van der Waals surface area (Å²) in [4.78, 5) is 15.6. The highest BCUT2D eigenvalue weighted by atomic mass is 15.2. The molecule has 1 aliphatic rings. The van der Waals surface area contributed by atoms with Crippen molar-refractivity contribution < 1.29 is 0 Å². The van der Waals surface area contributed by atoms with Crippen molar-refractivity contribution in [1.82, 2.24) is 20.3 Å². The van der Waals surface area contributed by atoms with Gasteiger partial charge in [0, 0.05) is 51.1 Å². The SMILES string of the molecule is Cc1nc2c(c(N(C)Cc3cccnc3)n1)CNCC2. The van der Waals surface area contributed by atoms with Gasteiger partial charge in [-0.25, -0.2) is 9.97 Å². The van der Waals surface area contributed by atoms with E-state index >= 15 is 0 Å². The average molecular weight is 269 g/mol. The second kappa shape index (κ2) is 5.54. The minimum absolute atomic E-state index is 0.802. The molecule has 5 nitrogen and oxygen atoms in total. The summed E-state index contributed by atoms with van der Waals surface area (Å²) in [7, 11) is 2.07. The normalized spacial score (nSPS) is 13.9. The molecule has 0 aliphatic carbocycles. The lowest BCUT2D eigenvalue weighted by molar-refractivity contribution is 0.619. The first-order chi connectivity index (χ1) is 9.74. The number of aromatic nitrogens is 3. The molecule has 0 spiro atoms. The standard InChI is InChI=1S/C15H19N5/c1-11-18-14-5-7-17-9-13(14)15(19-11)20(2)10-12-4-3-6-16-8-12/h3-4,6,8,17H,5,7,9-10H2,1-2H3. The molecule has 3 rings (SSSR count). The lowest BCUT2D eigenvalue weighted by atomic mass is 10.1. The zero-order valence-corrected chi connectivity index (χ0v) is 11.9. The van der Waals surface area contributed by atoms with Crippen LogP contribution in [0.25, 0.3) is 0 Å². The predicted molar refractivity (Wildman–Crippen MR) is 78.5 cm³/mol. The summed E-state index contributed by atoms with van der Waals surface area (Å²) in [6.45, 7) is 4.61. The molecule has 104 valence electrons. The van der Waals surface area contributed by atoms with Crippen LogP contribution >= 0.6 is 0 Å². The smallest absolute Gasteiger partial charge is 0.137 e. The summed E-state index contributed by atoms with van der Waals surface area (Å²) >= 11 is 0. The van der Waals surface area contributed by atoms with E-state index in [1.165, 1.54) is 16.8 Å². The molecule has 0 unspecified atom stereocenters. The van der Waals surface area contributed by atoms with Gasteiger partial charge in [-0.15, -0.1) is 0 Å². The molecule has 0 saturated carbocycles. The van der Waals surface area contributed by atoms with Crippen molar-refractivity contribution in [2.45, 2.75) is 26.4 Å². The molecule has 0 radical (unpaired) electrons. The molecular weight excluding hydrogens is 250 g/mol. The summed E-state index contributed by atoms with van der Waals surface area (Å²) in [5.74, 6) is 1.88. The molecule has 0 amide bonds. The lowest BCUT2D eigenvalue weighted by Gasteiger charge is -2.25. The third-order valence-corrected chi connectivity index (χ3v) is 3.53. The van der Waals surface area contributed by atoms with E-state index in [0.29, 0.717) is 0 Å². The minimum atomic E-state index is 0.802. The number of anilines is 1. The Kier molecular flexibility index (Phi) is 3.60. The van der Waals surface area contributed by atoms with Crippen LogP contribution in [-0.4, -0.2) is 28.5 Å². The quantitative estimate of drug-likeness (QED) is 0.914. The maximum Gasteiger partial charge on any atom is 0.137 e. The fourth-order valence-electron chi connectivity index (χ4n) is 2.60. The van der Waals surface area contributed by atoms with Gasteiger partial charge in [0.1, 0.15) is 11.6 Å². The Labute approximate surface area is 119 Å². The van der Waals surface area contributed by atoms with Gasteiger partial charge in [-0.3, -0.25) is 4.98 Å². The molecule has 5 heteroatoms. The number of pyridine rings is 1. The van der Waals surface area contributed by atoms with Crippen LogP contribution in [0.15, 0.2) is 24.5 Å². The highest BCUT2D eigenvalue weighted by molar-refractivity contribution is 5.50. The zero-order valence-electron chi connectivity index (χ0n) is 11.9. The van der Waals surface area contributed by atoms with Gasteiger partial charge >= 0.3 is 0 Å². The Morgan fingerprint density at radius 2 is 2.25 bits per heavy atom. The van der Waals surface area contributed by atoms with Crippen molar-refractivity contribution in [2.24, 2.45) is 0 Å². The summed E-state index contributed by atoms with van der Waals surface area (Å²) in [5.41, 5.74) is 3.60. The molecule has 3 heterocycles. The largest absolute Gasteiger partial charge is 0.355 e.